The number of carbonyl (C=O) groups is 3. The summed E-state index contributed by atoms with van der Waals surface area (Å²) in [6.07, 6.45) is 84.5. The van der Waals surface area contributed by atoms with Crippen LogP contribution >= 0.6 is 0 Å². The SMILES string of the molecule is CC/C=C\C/C=C\C/C=C\C/C=C\CCCCCCCCCCCCCCCCC(=O)OCC(COC(=O)CCCCCCC/C=C\C/C=C\CCCC)OC(=O)CCCCCCCCC/C=C\CCCCCCCC. The van der Waals surface area contributed by atoms with Crippen molar-refractivity contribution in [1.82, 2.24) is 0 Å². The Labute approximate surface area is 471 Å². The van der Waals surface area contributed by atoms with Gasteiger partial charge >= 0.3 is 17.9 Å². The van der Waals surface area contributed by atoms with Crippen LogP contribution in [0.15, 0.2) is 85.1 Å². The predicted molar refractivity (Wildman–Crippen MR) is 330 cm³/mol. The number of rotatable bonds is 59. The molecule has 0 N–H and O–H groups in total. The van der Waals surface area contributed by atoms with Crippen LogP contribution in [0.25, 0.3) is 0 Å². The van der Waals surface area contributed by atoms with Crippen LogP contribution in [-0.4, -0.2) is 37.2 Å². The van der Waals surface area contributed by atoms with Gasteiger partial charge in [0.05, 0.1) is 0 Å². The van der Waals surface area contributed by atoms with Gasteiger partial charge in [-0.25, -0.2) is 0 Å². The highest BCUT2D eigenvalue weighted by molar-refractivity contribution is 5.71. The van der Waals surface area contributed by atoms with Gasteiger partial charge in [-0.2, -0.15) is 0 Å². The summed E-state index contributed by atoms with van der Waals surface area (Å²) in [6, 6.07) is 0. The third-order valence-electron chi connectivity index (χ3n) is 14.1. The molecule has 6 heteroatoms. The first-order valence-electron chi connectivity index (χ1n) is 32.6. The number of esters is 3. The third kappa shape index (κ3) is 61.4. The predicted octanol–water partition coefficient (Wildman–Crippen LogP) is 22.3. The van der Waals surface area contributed by atoms with Crippen molar-refractivity contribution in [3.05, 3.63) is 85.1 Å². The molecule has 0 bridgehead atoms. The second-order valence-corrected chi connectivity index (χ2v) is 21.6. The van der Waals surface area contributed by atoms with Crippen LogP contribution in [0.5, 0.6) is 0 Å². The lowest BCUT2D eigenvalue weighted by atomic mass is 10.0. The maximum absolute atomic E-state index is 12.9. The Hall–Kier alpha value is -3.41. The quantitative estimate of drug-likeness (QED) is 0.0261. The fourth-order valence-electron chi connectivity index (χ4n) is 9.21. The van der Waals surface area contributed by atoms with E-state index in [0.29, 0.717) is 19.3 Å². The molecule has 0 fully saturated rings. The Morgan fingerprint density at radius 1 is 0.276 bits per heavy atom. The second-order valence-electron chi connectivity index (χ2n) is 21.6. The molecule has 76 heavy (non-hydrogen) atoms. The maximum atomic E-state index is 12.9. The van der Waals surface area contributed by atoms with Crippen LogP contribution in [-0.2, 0) is 28.6 Å². The van der Waals surface area contributed by atoms with E-state index in [0.717, 1.165) is 103 Å². The molecule has 1 unspecified atom stereocenters. The summed E-state index contributed by atoms with van der Waals surface area (Å²) in [7, 11) is 0. The summed E-state index contributed by atoms with van der Waals surface area (Å²) < 4.78 is 16.9. The maximum Gasteiger partial charge on any atom is 0.306 e. The van der Waals surface area contributed by atoms with E-state index in [1.165, 1.54) is 180 Å². The topological polar surface area (TPSA) is 78.9 Å². The highest BCUT2D eigenvalue weighted by Gasteiger charge is 2.19. The molecule has 0 heterocycles. The minimum absolute atomic E-state index is 0.0810. The molecule has 6 nitrogen and oxygen atoms in total. The molecule has 0 aromatic heterocycles. The molecular formula is C70H122O6. The van der Waals surface area contributed by atoms with Gasteiger partial charge in [-0.15, -0.1) is 0 Å². The molecule has 0 aliphatic heterocycles. The molecule has 0 aromatic rings. The Morgan fingerprint density at radius 3 is 0.855 bits per heavy atom. The van der Waals surface area contributed by atoms with E-state index in [2.05, 4.69) is 106 Å². The zero-order valence-electron chi connectivity index (χ0n) is 50.3. The van der Waals surface area contributed by atoms with E-state index in [9.17, 15) is 14.4 Å². The van der Waals surface area contributed by atoms with Crippen LogP contribution in [0.2, 0.25) is 0 Å². The fourth-order valence-corrected chi connectivity index (χ4v) is 9.21. The van der Waals surface area contributed by atoms with Crippen molar-refractivity contribution in [3.63, 3.8) is 0 Å². The lowest BCUT2D eigenvalue weighted by Gasteiger charge is -2.18. The first kappa shape index (κ1) is 72.6. The van der Waals surface area contributed by atoms with Gasteiger partial charge in [-0.05, 0) is 109 Å². The molecule has 1 atom stereocenters. The van der Waals surface area contributed by atoms with Gasteiger partial charge in [-0.3, -0.25) is 14.4 Å². The van der Waals surface area contributed by atoms with Gasteiger partial charge in [0.2, 0.25) is 0 Å². The van der Waals surface area contributed by atoms with E-state index in [1.54, 1.807) is 0 Å². The molecular weight excluding hydrogens is 937 g/mol. The van der Waals surface area contributed by atoms with Crippen molar-refractivity contribution >= 4 is 17.9 Å². The Morgan fingerprint density at radius 2 is 0.526 bits per heavy atom. The van der Waals surface area contributed by atoms with Crippen LogP contribution in [0.3, 0.4) is 0 Å². The highest BCUT2D eigenvalue weighted by atomic mass is 16.6. The average Bonchev–Trinajstić information content (AvgIpc) is 3.42. The number of unbranched alkanes of at least 4 members (excludes halogenated alkanes) is 34. The van der Waals surface area contributed by atoms with Gasteiger partial charge in [0, 0.05) is 19.3 Å². The standard InChI is InChI=1S/C70H122O6/c1-4-7-10-13-16-19-22-25-28-30-31-32-33-34-35-36-37-38-39-41-42-45-48-51-54-57-60-63-69(72)75-66-67(65-74-68(71)62-59-56-53-50-47-44-27-24-21-18-15-12-9-6-3)76-70(73)64-61-58-55-52-49-46-43-40-29-26-23-20-17-14-11-8-5-2/h7,10,15-16,18-19,24-29,31-32,67H,4-6,8-9,11-14,17,20-23,30,33-66H2,1-3H3/b10-7-,18-15-,19-16-,27-24-,28-25-,29-26-,32-31-. The average molecular weight is 1060 g/mol. The molecule has 0 radical (unpaired) electrons. The zero-order valence-corrected chi connectivity index (χ0v) is 50.3. The van der Waals surface area contributed by atoms with Crippen molar-refractivity contribution in [3.8, 4) is 0 Å². The molecule has 0 rings (SSSR count). The number of ether oxygens (including phenoxy) is 3. The zero-order chi connectivity index (χ0) is 55.0. The fraction of sp³-hybridized carbons (Fsp3) is 0.757. The molecule has 0 spiro atoms. The summed E-state index contributed by atoms with van der Waals surface area (Å²) in [6.45, 7) is 6.50. The van der Waals surface area contributed by atoms with Gasteiger partial charge in [0.25, 0.3) is 0 Å². The van der Waals surface area contributed by atoms with Crippen molar-refractivity contribution < 1.29 is 28.6 Å². The Kier molecular flexibility index (Phi) is 61.2. The lowest BCUT2D eigenvalue weighted by Crippen LogP contribution is -2.30. The first-order chi connectivity index (χ1) is 37.5. The second kappa shape index (κ2) is 64.1. The van der Waals surface area contributed by atoms with Crippen molar-refractivity contribution in [2.24, 2.45) is 0 Å². The molecule has 0 aromatic carbocycles. The summed E-state index contributed by atoms with van der Waals surface area (Å²) in [5.74, 6) is -0.887. The van der Waals surface area contributed by atoms with Crippen LogP contribution < -0.4 is 0 Å². The van der Waals surface area contributed by atoms with E-state index in [-0.39, 0.29) is 31.1 Å². The van der Waals surface area contributed by atoms with Gasteiger partial charge in [0.1, 0.15) is 13.2 Å². The molecule has 0 amide bonds. The van der Waals surface area contributed by atoms with E-state index >= 15 is 0 Å². The number of hydrogen-bond acceptors (Lipinski definition) is 6. The number of carbonyl (C=O) groups excluding carboxylic acids is 3. The first-order valence-corrected chi connectivity index (χ1v) is 32.6. The molecule has 0 aliphatic carbocycles. The summed E-state index contributed by atoms with van der Waals surface area (Å²) in [5, 5.41) is 0. The normalized spacial score (nSPS) is 12.6. The third-order valence-corrected chi connectivity index (χ3v) is 14.1. The Balaban J connectivity index is 4.28. The Bertz CT molecular complexity index is 1450. The summed E-state index contributed by atoms with van der Waals surface area (Å²) >= 11 is 0. The van der Waals surface area contributed by atoms with Crippen LogP contribution in [0, 0.1) is 0 Å². The van der Waals surface area contributed by atoms with Crippen molar-refractivity contribution in [2.45, 2.75) is 329 Å². The molecule has 438 valence electrons. The largest absolute Gasteiger partial charge is 0.462 e. The molecule has 0 saturated carbocycles. The van der Waals surface area contributed by atoms with Gasteiger partial charge < -0.3 is 14.2 Å². The monoisotopic (exact) mass is 1060 g/mol. The van der Waals surface area contributed by atoms with E-state index in [1.807, 2.05) is 0 Å². The summed E-state index contributed by atoms with van der Waals surface area (Å²) in [5.41, 5.74) is 0. The van der Waals surface area contributed by atoms with Crippen LogP contribution in [0.1, 0.15) is 323 Å². The van der Waals surface area contributed by atoms with Gasteiger partial charge in [-0.1, -0.05) is 279 Å². The van der Waals surface area contributed by atoms with E-state index < -0.39 is 6.10 Å². The smallest absolute Gasteiger partial charge is 0.306 e. The van der Waals surface area contributed by atoms with Crippen molar-refractivity contribution in [1.29, 1.82) is 0 Å². The minimum Gasteiger partial charge on any atom is -0.462 e. The van der Waals surface area contributed by atoms with Gasteiger partial charge in [0.15, 0.2) is 6.10 Å². The molecule has 0 saturated heterocycles. The lowest BCUT2D eigenvalue weighted by molar-refractivity contribution is -0.167. The van der Waals surface area contributed by atoms with E-state index in [4.69, 9.17) is 14.2 Å². The summed E-state index contributed by atoms with van der Waals surface area (Å²) in [4.78, 5) is 38.3. The number of hydrogen-bond donors (Lipinski definition) is 0. The minimum atomic E-state index is -0.785. The number of allylic oxidation sites excluding steroid dienone is 14. The van der Waals surface area contributed by atoms with Crippen molar-refractivity contribution in [2.75, 3.05) is 13.2 Å². The van der Waals surface area contributed by atoms with Crippen LogP contribution in [0.4, 0.5) is 0 Å². The highest BCUT2D eigenvalue weighted by Crippen LogP contribution is 2.16. The molecule has 0 aliphatic rings.